The molecule has 0 atom stereocenters. The summed E-state index contributed by atoms with van der Waals surface area (Å²) < 4.78 is 1.89. The molecule has 0 unspecified atom stereocenters. The average molecular weight is 370 g/mol. The predicted octanol–water partition coefficient (Wildman–Crippen LogP) is 4.94. The number of halogens is 2. The Balaban J connectivity index is 1.98. The quantitative estimate of drug-likeness (QED) is 0.814. The van der Waals surface area contributed by atoms with Crippen molar-refractivity contribution in [2.45, 2.75) is 37.8 Å². The Hall–Kier alpha value is -1.17. The summed E-state index contributed by atoms with van der Waals surface area (Å²) in [6.07, 6.45) is 0. The molecule has 0 saturated heterocycles. The van der Waals surface area contributed by atoms with Gasteiger partial charge in [0.25, 0.3) is 5.91 Å². The van der Waals surface area contributed by atoms with Crippen molar-refractivity contribution in [2.24, 2.45) is 0 Å². The topological polar surface area (TPSA) is 46.9 Å². The molecule has 1 aliphatic rings. The van der Waals surface area contributed by atoms with Crippen molar-refractivity contribution in [2.75, 3.05) is 5.32 Å². The van der Waals surface area contributed by atoms with Crippen molar-refractivity contribution in [3.63, 3.8) is 0 Å². The van der Waals surface area contributed by atoms with E-state index in [4.69, 9.17) is 23.2 Å². The van der Waals surface area contributed by atoms with Crippen LogP contribution in [-0.4, -0.2) is 15.7 Å². The second-order valence-electron chi connectivity index (χ2n) is 6.46. The monoisotopic (exact) mass is 369 g/mol. The predicted molar refractivity (Wildman–Crippen MR) is 96.6 cm³/mol. The summed E-state index contributed by atoms with van der Waals surface area (Å²) in [6.45, 7) is 6.19. The average Bonchev–Trinajstić information content (AvgIpc) is 2.99. The van der Waals surface area contributed by atoms with Crippen LogP contribution in [0, 0.1) is 0 Å². The lowest BCUT2D eigenvalue weighted by Crippen LogP contribution is -2.27. The molecule has 0 spiro atoms. The van der Waals surface area contributed by atoms with E-state index in [9.17, 15) is 4.79 Å². The lowest BCUT2D eigenvalue weighted by molar-refractivity contribution is 0.102. The third-order valence-corrected chi connectivity index (χ3v) is 4.95. The fourth-order valence-electron chi connectivity index (χ4n) is 2.49. The number of fused-ring (bicyclic) bond motifs is 1. The van der Waals surface area contributed by atoms with E-state index in [1.807, 2.05) is 4.68 Å². The zero-order chi connectivity index (χ0) is 16.8. The van der Waals surface area contributed by atoms with E-state index < -0.39 is 0 Å². The fourth-order valence-corrected chi connectivity index (χ4v) is 4.05. The molecule has 23 heavy (non-hydrogen) atoms. The number of aromatic nitrogens is 2. The number of anilines is 1. The molecule has 0 radical (unpaired) electrons. The standard InChI is InChI=1S/C16H17Cl2N3OS/c1-16(2,3)21-14(12-7-23-8-13(12)20-21)19-15(22)9-4-10(17)6-11(18)5-9/h4-6H,7-8H2,1-3H3,(H,19,22). The van der Waals surface area contributed by atoms with Gasteiger partial charge in [-0.05, 0) is 39.0 Å². The molecule has 1 aliphatic heterocycles. The van der Waals surface area contributed by atoms with Crippen LogP contribution in [-0.2, 0) is 17.0 Å². The van der Waals surface area contributed by atoms with Gasteiger partial charge in [-0.15, -0.1) is 0 Å². The van der Waals surface area contributed by atoms with Gasteiger partial charge in [0.15, 0.2) is 0 Å². The first-order valence-corrected chi connectivity index (χ1v) is 9.13. The molecule has 0 bridgehead atoms. The van der Waals surface area contributed by atoms with Crippen LogP contribution < -0.4 is 5.32 Å². The molecular weight excluding hydrogens is 353 g/mol. The molecule has 3 rings (SSSR count). The maximum atomic E-state index is 12.6. The summed E-state index contributed by atoms with van der Waals surface area (Å²) in [5.41, 5.74) is 2.36. The summed E-state index contributed by atoms with van der Waals surface area (Å²) in [5.74, 6) is 2.26. The number of carbonyl (C=O) groups excluding carboxylic acids is 1. The molecule has 1 aromatic heterocycles. The molecular formula is C16H17Cl2N3OS. The molecule has 0 saturated carbocycles. The largest absolute Gasteiger partial charge is 0.306 e. The highest BCUT2D eigenvalue weighted by Crippen LogP contribution is 2.37. The van der Waals surface area contributed by atoms with Crippen LogP contribution in [0.5, 0.6) is 0 Å². The number of hydrogen-bond donors (Lipinski definition) is 1. The highest BCUT2D eigenvalue weighted by molar-refractivity contribution is 7.98. The molecule has 4 nitrogen and oxygen atoms in total. The van der Waals surface area contributed by atoms with Gasteiger partial charge < -0.3 is 5.32 Å². The first kappa shape index (κ1) is 16.7. The van der Waals surface area contributed by atoms with Gasteiger partial charge in [-0.3, -0.25) is 4.79 Å². The Morgan fingerprint density at radius 3 is 2.48 bits per heavy atom. The highest BCUT2D eigenvalue weighted by Gasteiger charge is 2.29. The Bertz CT molecular complexity index is 760. The van der Waals surface area contributed by atoms with Crippen LogP contribution in [0.2, 0.25) is 10.0 Å². The van der Waals surface area contributed by atoms with E-state index in [0.717, 1.165) is 28.6 Å². The van der Waals surface area contributed by atoms with Crippen LogP contribution in [0.15, 0.2) is 18.2 Å². The summed E-state index contributed by atoms with van der Waals surface area (Å²) in [5, 5.41) is 8.55. The van der Waals surface area contributed by atoms with E-state index in [1.54, 1.807) is 30.0 Å². The van der Waals surface area contributed by atoms with Crippen molar-refractivity contribution in [3.8, 4) is 0 Å². The second kappa shape index (κ2) is 6.04. The lowest BCUT2D eigenvalue weighted by atomic mass is 10.1. The Morgan fingerprint density at radius 1 is 1.22 bits per heavy atom. The minimum absolute atomic E-state index is 0.219. The number of hydrogen-bond acceptors (Lipinski definition) is 3. The third kappa shape index (κ3) is 3.37. The number of nitrogens with zero attached hydrogens (tertiary/aromatic N) is 2. The van der Waals surface area contributed by atoms with Gasteiger partial charge in [0.1, 0.15) is 5.82 Å². The first-order valence-electron chi connectivity index (χ1n) is 7.22. The Labute approximate surface area is 149 Å². The molecule has 122 valence electrons. The fraction of sp³-hybridized carbons (Fsp3) is 0.375. The summed E-state index contributed by atoms with van der Waals surface area (Å²) in [7, 11) is 0. The van der Waals surface area contributed by atoms with Gasteiger partial charge in [-0.1, -0.05) is 23.2 Å². The van der Waals surface area contributed by atoms with Crippen LogP contribution in [0.4, 0.5) is 5.82 Å². The third-order valence-electron chi connectivity index (χ3n) is 3.54. The summed E-state index contributed by atoms with van der Waals surface area (Å²) in [4.78, 5) is 12.6. The maximum Gasteiger partial charge on any atom is 0.256 e. The minimum atomic E-state index is -0.237. The van der Waals surface area contributed by atoms with E-state index in [0.29, 0.717) is 15.6 Å². The summed E-state index contributed by atoms with van der Waals surface area (Å²) >= 11 is 13.8. The first-order chi connectivity index (χ1) is 10.8. The van der Waals surface area contributed by atoms with E-state index >= 15 is 0 Å². The van der Waals surface area contributed by atoms with Crippen LogP contribution >= 0.6 is 35.0 Å². The number of benzene rings is 1. The minimum Gasteiger partial charge on any atom is -0.306 e. The van der Waals surface area contributed by atoms with Gasteiger partial charge in [0.2, 0.25) is 0 Å². The van der Waals surface area contributed by atoms with Crippen LogP contribution in [0.3, 0.4) is 0 Å². The highest BCUT2D eigenvalue weighted by atomic mass is 35.5. The van der Waals surface area contributed by atoms with Gasteiger partial charge in [-0.2, -0.15) is 16.9 Å². The van der Waals surface area contributed by atoms with Gasteiger partial charge in [0.05, 0.1) is 11.2 Å². The molecule has 1 amide bonds. The van der Waals surface area contributed by atoms with Crippen molar-refractivity contribution in [3.05, 3.63) is 45.1 Å². The zero-order valence-electron chi connectivity index (χ0n) is 13.1. The number of carbonyl (C=O) groups is 1. The number of thioether (sulfide) groups is 1. The molecule has 1 N–H and O–H groups in total. The normalized spacial score (nSPS) is 14.0. The van der Waals surface area contributed by atoms with E-state index in [2.05, 4.69) is 31.2 Å². The number of amides is 1. The van der Waals surface area contributed by atoms with Gasteiger partial charge >= 0.3 is 0 Å². The zero-order valence-corrected chi connectivity index (χ0v) is 15.4. The smallest absolute Gasteiger partial charge is 0.256 e. The molecule has 0 aliphatic carbocycles. The van der Waals surface area contributed by atoms with Crippen molar-refractivity contribution >= 4 is 46.7 Å². The van der Waals surface area contributed by atoms with Crippen LogP contribution in [0.1, 0.15) is 42.4 Å². The van der Waals surface area contributed by atoms with E-state index in [1.165, 1.54) is 0 Å². The Kier molecular flexibility index (Phi) is 4.38. The summed E-state index contributed by atoms with van der Waals surface area (Å²) in [6, 6.07) is 4.82. The second-order valence-corrected chi connectivity index (χ2v) is 8.32. The maximum absolute atomic E-state index is 12.6. The number of rotatable bonds is 2. The molecule has 2 heterocycles. The van der Waals surface area contributed by atoms with Crippen LogP contribution in [0.25, 0.3) is 0 Å². The number of nitrogens with one attached hydrogen (secondary N) is 1. The van der Waals surface area contributed by atoms with Gasteiger partial charge in [0, 0.05) is 32.7 Å². The van der Waals surface area contributed by atoms with Gasteiger partial charge in [-0.25, -0.2) is 4.68 Å². The van der Waals surface area contributed by atoms with Crippen molar-refractivity contribution in [1.82, 2.24) is 9.78 Å². The van der Waals surface area contributed by atoms with E-state index in [-0.39, 0.29) is 11.4 Å². The molecule has 2 aromatic rings. The molecule has 0 fully saturated rings. The van der Waals surface area contributed by atoms with Crippen molar-refractivity contribution < 1.29 is 4.79 Å². The molecule has 7 heteroatoms. The van der Waals surface area contributed by atoms with Crippen molar-refractivity contribution in [1.29, 1.82) is 0 Å². The SMILES string of the molecule is CC(C)(C)n1nc2c(c1NC(=O)c1cc(Cl)cc(Cl)c1)CSC2. The molecule has 1 aromatic carbocycles. The Morgan fingerprint density at radius 2 is 1.87 bits per heavy atom. The lowest BCUT2D eigenvalue weighted by Gasteiger charge is -2.23.